The number of rotatable bonds is 0. The Balaban J connectivity index is 1.71. The number of nitrogens with zero attached hydrogens (tertiary/aromatic N) is 2. The summed E-state index contributed by atoms with van der Waals surface area (Å²) >= 11 is 0. The first-order valence-electron chi connectivity index (χ1n) is 7.26. The molecule has 1 amide bonds. The Morgan fingerprint density at radius 2 is 1.84 bits per heavy atom. The average Bonchev–Trinajstić information content (AvgIpc) is 2.87. The molecule has 0 aromatic carbocycles. The molecule has 104 valence electrons. The predicted molar refractivity (Wildman–Crippen MR) is 70.3 cm³/mol. The van der Waals surface area contributed by atoms with E-state index in [-0.39, 0.29) is 17.4 Å². The molecular formula is C15H22N2O2. The summed E-state index contributed by atoms with van der Waals surface area (Å²) in [6.45, 7) is 5.72. The number of carbonyl (C=O) groups is 1. The third-order valence-corrected chi connectivity index (χ3v) is 4.85. The van der Waals surface area contributed by atoms with E-state index in [1.807, 2.05) is 25.7 Å². The summed E-state index contributed by atoms with van der Waals surface area (Å²) < 4.78 is 5.52. The fourth-order valence-corrected chi connectivity index (χ4v) is 3.98. The molecule has 2 heterocycles. The van der Waals surface area contributed by atoms with E-state index >= 15 is 0 Å². The average molecular weight is 262 g/mol. The summed E-state index contributed by atoms with van der Waals surface area (Å²) in [5.74, 6) is 0.233. The Bertz CT molecular complexity index is 432. The van der Waals surface area contributed by atoms with Crippen molar-refractivity contribution in [2.45, 2.75) is 70.6 Å². The van der Waals surface area contributed by atoms with Gasteiger partial charge >= 0.3 is 6.09 Å². The Hall–Kier alpha value is -1.24. The van der Waals surface area contributed by atoms with Gasteiger partial charge in [0.25, 0.3) is 0 Å². The highest BCUT2D eigenvalue weighted by atomic mass is 16.6. The van der Waals surface area contributed by atoms with Gasteiger partial charge < -0.3 is 9.64 Å². The van der Waals surface area contributed by atoms with Gasteiger partial charge in [-0.2, -0.15) is 5.26 Å². The highest BCUT2D eigenvalue weighted by Gasteiger charge is 2.62. The van der Waals surface area contributed by atoms with Crippen LogP contribution >= 0.6 is 0 Å². The lowest BCUT2D eigenvalue weighted by molar-refractivity contribution is -0.000603. The molecule has 3 unspecified atom stereocenters. The van der Waals surface area contributed by atoms with Crippen LogP contribution in [0.4, 0.5) is 4.79 Å². The fourth-order valence-electron chi connectivity index (χ4n) is 3.98. The van der Waals surface area contributed by atoms with Crippen molar-refractivity contribution >= 4 is 6.09 Å². The quantitative estimate of drug-likeness (QED) is 0.674. The zero-order chi connectivity index (χ0) is 13.8. The third-order valence-electron chi connectivity index (χ3n) is 4.85. The molecule has 1 spiro atoms. The van der Waals surface area contributed by atoms with E-state index < -0.39 is 5.60 Å². The molecule has 0 aromatic rings. The van der Waals surface area contributed by atoms with Crippen molar-refractivity contribution in [2.24, 2.45) is 11.3 Å². The smallest absolute Gasteiger partial charge is 0.410 e. The maximum Gasteiger partial charge on any atom is 0.410 e. The van der Waals surface area contributed by atoms with Crippen LogP contribution in [0.3, 0.4) is 0 Å². The van der Waals surface area contributed by atoms with Crippen LogP contribution in [0, 0.1) is 22.7 Å². The van der Waals surface area contributed by atoms with Crippen molar-refractivity contribution in [3.05, 3.63) is 0 Å². The number of carbonyl (C=O) groups excluding carboxylic acids is 1. The normalized spacial score (nSPS) is 40.1. The standard InChI is InChI=1S/C15H22N2O2/c1-14(2,3)19-13(18)17-11-4-5-12(17)8-15(7-11)6-10(15)9-16/h10-12H,4-8H2,1-3H3. The number of hydrogen-bond acceptors (Lipinski definition) is 3. The van der Waals surface area contributed by atoms with Crippen LogP contribution in [0.2, 0.25) is 0 Å². The second-order valence-corrected chi connectivity index (χ2v) is 7.43. The number of fused-ring (bicyclic) bond motifs is 2. The Morgan fingerprint density at radius 1 is 1.26 bits per heavy atom. The van der Waals surface area contributed by atoms with Crippen molar-refractivity contribution in [3.63, 3.8) is 0 Å². The second kappa shape index (κ2) is 3.88. The summed E-state index contributed by atoms with van der Waals surface area (Å²) in [6.07, 6.45) is 5.03. The Kier molecular flexibility index (Phi) is 2.61. The van der Waals surface area contributed by atoms with Gasteiger partial charge in [-0.1, -0.05) is 0 Å². The van der Waals surface area contributed by atoms with E-state index in [1.165, 1.54) is 0 Å². The van der Waals surface area contributed by atoms with Gasteiger partial charge in [0.15, 0.2) is 0 Å². The van der Waals surface area contributed by atoms with E-state index in [4.69, 9.17) is 10.00 Å². The molecule has 19 heavy (non-hydrogen) atoms. The maximum absolute atomic E-state index is 12.3. The van der Waals surface area contributed by atoms with Crippen molar-refractivity contribution in [3.8, 4) is 6.07 Å². The first-order chi connectivity index (χ1) is 8.85. The topological polar surface area (TPSA) is 53.3 Å². The maximum atomic E-state index is 12.3. The van der Waals surface area contributed by atoms with Gasteiger partial charge in [-0.3, -0.25) is 0 Å². The molecule has 2 saturated heterocycles. The SMILES string of the molecule is CC(C)(C)OC(=O)N1C2CCC1CC1(C2)CC1C#N. The van der Waals surface area contributed by atoms with Crippen LogP contribution < -0.4 is 0 Å². The number of amides is 1. The molecule has 0 aromatic heterocycles. The third kappa shape index (κ3) is 2.09. The van der Waals surface area contributed by atoms with Crippen LogP contribution in [0.5, 0.6) is 0 Å². The van der Waals surface area contributed by atoms with Gasteiger partial charge in [0.2, 0.25) is 0 Å². The van der Waals surface area contributed by atoms with E-state index in [0.29, 0.717) is 12.1 Å². The molecule has 3 aliphatic rings. The predicted octanol–water partition coefficient (Wildman–Crippen LogP) is 3.08. The molecular weight excluding hydrogens is 240 g/mol. The summed E-state index contributed by atoms with van der Waals surface area (Å²) in [5.41, 5.74) is -0.195. The lowest BCUT2D eigenvalue weighted by Crippen LogP contribution is -2.49. The lowest BCUT2D eigenvalue weighted by Gasteiger charge is -2.40. The molecule has 3 fully saturated rings. The Labute approximate surface area is 114 Å². The number of piperidine rings is 1. The molecule has 1 aliphatic carbocycles. The molecule has 0 N–H and O–H groups in total. The van der Waals surface area contributed by atoms with E-state index in [0.717, 1.165) is 32.1 Å². The molecule has 0 radical (unpaired) electrons. The van der Waals surface area contributed by atoms with Crippen LogP contribution in [-0.2, 0) is 4.74 Å². The molecule has 2 aliphatic heterocycles. The molecule has 3 rings (SSSR count). The van der Waals surface area contributed by atoms with Crippen LogP contribution in [0.1, 0.15) is 52.9 Å². The van der Waals surface area contributed by atoms with Gasteiger partial charge in [-0.25, -0.2) is 4.79 Å². The first-order valence-corrected chi connectivity index (χ1v) is 7.26. The van der Waals surface area contributed by atoms with Gasteiger partial charge in [-0.05, 0) is 58.3 Å². The minimum absolute atomic E-state index is 0.163. The van der Waals surface area contributed by atoms with Gasteiger partial charge in [0, 0.05) is 12.1 Å². The van der Waals surface area contributed by atoms with Gasteiger partial charge in [0.1, 0.15) is 5.60 Å². The molecule has 4 heteroatoms. The summed E-state index contributed by atoms with van der Waals surface area (Å²) in [6, 6.07) is 3.01. The van der Waals surface area contributed by atoms with Crippen molar-refractivity contribution in [1.29, 1.82) is 5.26 Å². The van der Waals surface area contributed by atoms with Crippen molar-refractivity contribution in [2.75, 3.05) is 0 Å². The Morgan fingerprint density at radius 3 is 2.26 bits per heavy atom. The highest BCUT2D eigenvalue weighted by Crippen LogP contribution is 2.63. The fraction of sp³-hybridized carbons (Fsp3) is 0.867. The summed E-state index contributed by atoms with van der Waals surface area (Å²) in [5, 5.41) is 9.09. The number of nitriles is 1. The number of ether oxygens (including phenoxy) is 1. The highest BCUT2D eigenvalue weighted by molar-refractivity contribution is 5.69. The first kappa shape index (κ1) is 12.8. The zero-order valence-corrected chi connectivity index (χ0v) is 12.0. The van der Waals surface area contributed by atoms with E-state index in [2.05, 4.69) is 6.07 Å². The van der Waals surface area contributed by atoms with E-state index in [9.17, 15) is 4.79 Å². The molecule has 3 atom stereocenters. The van der Waals surface area contributed by atoms with Gasteiger partial charge in [-0.15, -0.1) is 0 Å². The minimum Gasteiger partial charge on any atom is -0.444 e. The van der Waals surface area contributed by atoms with E-state index in [1.54, 1.807) is 0 Å². The largest absolute Gasteiger partial charge is 0.444 e. The number of hydrogen-bond donors (Lipinski definition) is 0. The molecule has 2 bridgehead atoms. The van der Waals surface area contributed by atoms with Crippen LogP contribution in [0.15, 0.2) is 0 Å². The van der Waals surface area contributed by atoms with Crippen molar-refractivity contribution < 1.29 is 9.53 Å². The van der Waals surface area contributed by atoms with Crippen LogP contribution in [0.25, 0.3) is 0 Å². The van der Waals surface area contributed by atoms with Crippen molar-refractivity contribution in [1.82, 2.24) is 4.90 Å². The summed E-state index contributed by atoms with van der Waals surface area (Å²) in [7, 11) is 0. The molecule has 1 saturated carbocycles. The second-order valence-electron chi connectivity index (χ2n) is 7.43. The monoisotopic (exact) mass is 262 g/mol. The lowest BCUT2D eigenvalue weighted by atomic mass is 9.86. The van der Waals surface area contributed by atoms with Gasteiger partial charge in [0.05, 0.1) is 12.0 Å². The molecule has 4 nitrogen and oxygen atoms in total. The zero-order valence-electron chi connectivity index (χ0n) is 12.0. The van der Waals surface area contributed by atoms with Crippen LogP contribution in [-0.4, -0.2) is 28.7 Å². The summed E-state index contributed by atoms with van der Waals surface area (Å²) in [4.78, 5) is 14.3. The minimum atomic E-state index is -0.430.